The van der Waals surface area contributed by atoms with E-state index in [0.29, 0.717) is 10.6 Å². The number of carbonyl (C=O) groups excluding carboxylic acids is 3. The summed E-state index contributed by atoms with van der Waals surface area (Å²) in [6, 6.07) is 3.47. The summed E-state index contributed by atoms with van der Waals surface area (Å²) in [5.74, 6) is -2.35. The van der Waals surface area contributed by atoms with Gasteiger partial charge in [0, 0.05) is 9.77 Å². The number of ether oxygens (including phenoxy) is 1. The molecule has 0 spiro atoms. The molecule has 0 radical (unpaired) electrons. The van der Waals surface area contributed by atoms with Crippen molar-refractivity contribution >= 4 is 88.1 Å². The highest BCUT2D eigenvalue weighted by molar-refractivity contribution is 8.01. The fraction of sp³-hybridized carbons (Fsp3) is 0.429. The van der Waals surface area contributed by atoms with Crippen LogP contribution in [-0.2, 0) is 19.1 Å². The Hall–Kier alpha value is -1.85. The van der Waals surface area contributed by atoms with Gasteiger partial charge in [-0.1, -0.05) is 70.7 Å². The SMILES string of the molecule is CC1(C)S[C@@H]2[C@H](NC(=O)C(/C=C/c3ccc(Cl)cc3)NC(=O)OCC(Cl)(Cl)Cl)C(=O)N2[C@H]1C(=O)O. The second kappa shape index (κ2) is 10.6. The van der Waals surface area contributed by atoms with Crippen molar-refractivity contribution in [3.05, 3.63) is 40.9 Å². The van der Waals surface area contributed by atoms with Crippen molar-refractivity contribution in [2.24, 2.45) is 0 Å². The molecule has 14 heteroatoms. The van der Waals surface area contributed by atoms with Crippen molar-refractivity contribution in [3.8, 4) is 0 Å². The number of halogens is 4. The van der Waals surface area contributed by atoms with E-state index in [-0.39, 0.29) is 0 Å². The minimum Gasteiger partial charge on any atom is -0.480 e. The van der Waals surface area contributed by atoms with E-state index in [4.69, 9.17) is 51.1 Å². The van der Waals surface area contributed by atoms with Crippen LogP contribution in [0.4, 0.5) is 4.79 Å². The second-order valence-electron chi connectivity index (χ2n) is 8.31. The monoisotopic (exact) mass is 583 g/mol. The molecule has 2 saturated heterocycles. The summed E-state index contributed by atoms with van der Waals surface area (Å²) < 4.78 is 2.24. The van der Waals surface area contributed by atoms with Crippen molar-refractivity contribution in [1.82, 2.24) is 15.5 Å². The number of thioether (sulfide) groups is 1. The highest BCUT2D eigenvalue weighted by Gasteiger charge is 2.64. The van der Waals surface area contributed by atoms with E-state index in [2.05, 4.69) is 10.6 Å². The Morgan fingerprint density at radius 2 is 1.89 bits per heavy atom. The molecule has 2 heterocycles. The van der Waals surface area contributed by atoms with Gasteiger partial charge in [0.2, 0.25) is 15.6 Å². The van der Waals surface area contributed by atoms with Crippen molar-refractivity contribution in [2.45, 2.75) is 45.9 Å². The molecule has 2 aliphatic heterocycles. The third-order valence-corrected chi connectivity index (χ3v) is 7.40. The number of benzene rings is 1. The van der Waals surface area contributed by atoms with E-state index in [1.54, 1.807) is 44.2 Å². The van der Waals surface area contributed by atoms with Gasteiger partial charge in [-0.25, -0.2) is 9.59 Å². The lowest BCUT2D eigenvalue weighted by molar-refractivity contribution is -0.161. The molecule has 1 aromatic rings. The first-order valence-electron chi connectivity index (χ1n) is 10.2. The second-order valence-corrected chi connectivity index (χ2v) is 13.0. The molecule has 190 valence electrons. The van der Waals surface area contributed by atoms with Crippen LogP contribution in [0.25, 0.3) is 6.08 Å². The molecule has 0 saturated carbocycles. The Bertz CT molecular complexity index is 1050. The van der Waals surface area contributed by atoms with Crippen LogP contribution in [0.1, 0.15) is 19.4 Å². The first-order valence-corrected chi connectivity index (χ1v) is 12.6. The molecular weight excluding hydrogens is 564 g/mol. The number of hydrogen-bond acceptors (Lipinski definition) is 6. The molecule has 9 nitrogen and oxygen atoms in total. The van der Waals surface area contributed by atoms with Gasteiger partial charge < -0.3 is 25.4 Å². The summed E-state index contributed by atoms with van der Waals surface area (Å²) in [7, 11) is 0. The topological polar surface area (TPSA) is 125 Å². The number of β-lactam (4-membered cyclic amide) rings is 1. The van der Waals surface area contributed by atoms with Crippen molar-refractivity contribution < 1.29 is 29.0 Å². The highest BCUT2D eigenvalue weighted by Crippen LogP contribution is 2.50. The lowest BCUT2D eigenvalue weighted by Crippen LogP contribution is -2.71. The number of amides is 3. The summed E-state index contributed by atoms with van der Waals surface area (Å²) >= 11 is 23.9. The molecule has 0 aromatic heterocycles. The first kappa shape index (κ1) is 27.7. The molecule has 3 N–H and O–H groups in total. The number of alkyl carbamates (subject to hydrolysis) is 1. The maximum absolute atomic E-state index is 13.0. The van der Waals surface area contributed by atoms with Gasteiger partial charge in [0.15, 0.2) is 0 Å². The summed E-state index contributed by atoms with van der Waals surface area (Å²) in [6.45, 7) is 2.89. The summed E-state index contributed by atoms with van der Waals surface area (Å²) in [4.78, 5) is 50.9. The average Bonchev–Trinajstić information content (AvgIpc) is 3.01. The zero-order chi connectivity index (χ0) is 26.1. The fourth-order valence-corrected chi connectivity index (χ4v) is 5.60. The van der Waals surface area contributed by atoms with Crippen LogP contribution in [-0.4, -0.2) is 72.5 Å². The largest absolute Gasteiger partial charge is 0.480 e. The lowest BCUT2D eigenvalue weighted by Gasteiger charge is -2.43. The maximum atomic E-state index is 13.0. The zero-order valence-electron chi connectivity index (χ0n) is 18.3. The van der Waals surface area contributed by atoms with Crippen molar-refractivity contribution in [2.75, 3.05) is 6.61 Å². The third-order valence-electron chi connectivity index (χ3n) is 5.25. The average molecular weight is 585 g/mol. The van der Waals surface area contributed by atoms with Crippen LogP contribution in [0, 0.1) is 0 Å². The molecule has 35 heavy (non-hydrogen) atoms. The standard InChI is InChI=1S/C21H21Cl4N3O6S/c1-20(2)14(18(31)32)28-16(30)13(17(28)35-20)27-15(29)12(26-19(33)34-9-21(23,24)25)8-5-10-3-6-11(22)7-4-10/h3-8,12-14,17H,9H2,1-2H3,(H,26,33)(H,27,29)(H,31,32)/b8-5+/t12?,13-,14+,17-/m1/s1. The van der Waals surface area contributed by atoms with Crippen LogP contribution >= 0.6 is 58.2 Å². The van der Waals surface area contributed by atoms with Gasteiger partial charge in [-0.15, -0.1) is 11.8 Å². The molecule has 0 bridgehead atoms. The molecule has 3 amide bonds. The molecule has 4 atom stereocenters. The number of nitrogens with zero attached hydrogens (tertiary/aromatic N) is 1. The van der Waals surface area contributed by atoms with Crippen molar-refractivity contribution in [3.63, 3.8) is 0 Å². The van der Waals surface area contributed by atoms with Gasteiger partial charge in [0.25, 0.3) is 0 Å². The van der Waals surface area contributed by atoms with Crippen LogP contribution in [0.3, 0.4) is 0 Å². The van der Waals surface area contributed by atoms with Gasteiger partial charge >= 0.3 is 12.1 Å². The van der Waals surface area contributed by atoms with Gasteiger partial charge in [-0.2, -0.15) is 0 Å². The molecule has 1 aromatic carbocycles. The van der Waals surface area contributed by atoms with Crippen LogP contribution < -0.4 is 10.6 Å². The van der Waals surface area contributed by atoms with E-state index in [0.717, 1.165) is 0 Å². The van der Waals surface area contributed by atoms with Crippen LogP contribution in [0.2, 0.25) is 5.02 Å². The van der Waals surface area contributed by atoms with Crippen LogP contribution in [0.5, 0.6) is 0 Å². The van der Waals surface area contributed by atoms with Gasteiger partial charge in [0.1, 0.15) is 30.1 Å². The van der Waals surface area contributed by atoms with Gasteiger partial charge in [0.05, 0.1) is 0 Å². The zero-order valence-corrected chi connectivity index (χ0v) is 22.2. The first-order chi connectivity index (χ1) is 16.2. The summed E-state index contributed by atoms with van der Waals surface area (Å²) in [5, 5.41) is 14.5. The number of aliphatic carboxylic acids is 1. The van der Waals surface area contributed by atoms with Gasteiger partial charge in [-0.05, 0) is 31.5 Å². The highest BCUT2D eigenvalue weighted by atomic mass is 35.6. The lowest BCUT2D eigenvalue weighted by atomic mass is 9.96. The number of carboxylic acid groups (broad SMARTS) is 1. The smallest absolute Gasteiger partial charge is 0.408 e. The third kappa shape index (κ3) is 6.68. The van der Waals surface area contributed by atoms with E-state index in [1.807, 2.05) is 0 Å². The van der Waals surface area contributed by atoms with E-state index < -0.39 is 62.5 Å². The Labute approximate surface area is 225 Å². The van der Waals surface area contributed by atoms with E-state index >= 15 is 0 Å². The number of hydrogen-bond donors (Lipinski definition) is 3. The quantitative estimate of drug-likeness (QED) is 0.331. The molecule has 2 fully saturated rings. The Morgan fingerprint density at radius 3 is 2.46 bits per heavy atom. The predicted molar refractivity (Wildman–Crippen MR) is 135 cm³/mol. The Kier molecular flexibility index (Phi) is 8.43. The van der Waals surface area contributed by atoms with E-state index in [9.17, 15) is 24.3 Å². The number of rotatable bonds is 7. The minimum atomic E-state index is -1.84. The molecule has 0 aliphatic carbocycles. The Balaban J connectivity index is 1.73. The Morgan fingerprint density at radius 1 is 1.26 bits per heavy atom. The fourth-order valence-electron chi connectivity index (χ4n) is 3.69. The number of alkyl halides is 3. The number of carbonyl (C=O) groups is 4. The van der Waals surface area contributed by atoms with Gasteiger partial charge in [-0.3, -0.25) is 9.59 Å². The number of carboxylic acids is 1. The molecule has 2 aliphatic rings. The normalized spacial score (nSPS) is 23.9. The maximum Gasteiger partial charge on any atom is 0.408 e. The molecule has 3 rings (SSSR count). The van der Waals surface area contributed by atoms with Crippen LogP contribution in [0.15, 0.2) is 30.3 Å². The summed E-state index contributed by atoms with van der Waals surface area (Å²) in [6.07, 6.45) is 1.93. The van der Waals surface area contributed by atoms with E-state index in [1.165, 1.54) is 22.7 Å². The molecule has 1 unspecified atom stereocenters. The minimum absolute atomic E-state index is 0.520. The number of fused-ring (bicyclic) bond motifs is 1. The predicted octanol–water partition coefficient (Wildman–Crippen LogP) is 3.45. The summed E-state index contributed by atoms with van der Waals surface area (Å²) in [5.41, 5.74) is 0.687. The molecular formula is C21H21Cl4N3O6S. The number of nitrogens with one attached hydrogen (secondary N) is 2. The van der Waals surface area contributed by atoms with Crippen molar-refractivity contribution in [1.29, 1.82) is 0 Å².